The lowest BCUT2D eigenvalue weighted by Gasteiger charge is -2.28. The van der Waals surface area contributed by atoms with Crippen molar-refractivity contribution < 1.29 is 0 Å². The highest BCUT2D eigenvalue weighted by Gasteiger charge is 2.29. The maximum Gasteiger partial charge on any atom is 0.0295 e. The summed E-state index contributed by atoms with van der Waals surface area (Å²) in [6.45, 7) is 2.35. The predicted molar refractivity (Wildman–Crippen MR) is 55.4 cm³/mol. The largest absolute Gasteiger partial charge is 0.254 e. The molecule has 2 rings (SSSR count). The van der Waals surface area contributed by atoms with Gasteiger partial charge in [0.05, 0.1) is 0 Å². The summed E-state index contributed by atoms with van der Waals surface area (Å²) in [4.78, 5) is 0. The number of rotatable bonds is 3. The smallest absolute Gasteiger partial charge is 0.0295 e. The van der Waals surface area contributed by atoms with Crippen molar-refractivity contribution in [2.24, 2.45) is 0 Å². The number of hydrogen-bond acceptors (Lipinski definition) is 2. The van der Waals surface area contributed by atoms with E-state index in [4.69, 9.17) is 0 Å². The number of hydrazine groups is 1. The maximum atomic E-state index is 3.55. The zero-order valence-electron chi connectivity index (χ0n) is 8.73. The van der Waals surface area contributed by atoms with E-state index >= 15 is 0 Å². The molecule has 0 heterocycles. The molecule has 2 fully saturated rings. The van der Waals surface area contributed by atoms with Crippen LogP contribution in [0.25, 0.3) is 0 Å². The third kappa shape index (κ3) is 2.44. The summed E-state index contributed by atoms with van der Waals surface area (Å²) >= 11 is 0. The zero-order chi connectivity index (χ0) is 9.15. The Labute approximate surface area is 81.4 Å². The van der Waals surface area contributed by atoms with E-state index in [1.165, 1.54) is 51.4 Å². The van der Waals surface area contributed by atoms with Crippen LogP contribution in [0, 0.1) is 0 Å². The third-order valence-electron chi connectivity index (χ3n) is 3.64. The second kappa shape index (κ2) is 3.97. The fraction of sp³-hybridized carbons (Fsp3) is 1.00. The first kappa shape index (κ1) is 9.47. The summed E-state index contributed by atoms with van der Waals surface area (Å²) in [6, 6.07) is 0.748. The van der Waals surface area contributed by atoms with E-state index in [1.807, 2.05) is 0 Å². The Hall–Kier alpha value is -0.0800. The summed E-state index contributed by atoms with van der Waals surface area (Å²) in [5.41, 5.74) is 7.46. The highest BCUT2D eigenvalue weighted by atomic mass is 15.4. The van der Waals surface area contributed by atoms with Gasteiger partial charge in [-0.05, 0) is 32.6 Å². The molecular formula is C11H22N2. The van der Waals surface area contributed by atoms with Gasteiger partial charge in [0.25, 0.3) is 0 Å². The molecule has 0 spiro atoms. The second-order valence-electron chi connectivity index (χ2n) is 5.02. The van der Waals surface area contributed by atoms with Crippen LogP contribution in [0.5, 0.6) is 0 Å². The van der Waals surface area contributed by atoms with Crippen LogP contribution in [-0.4, -0.2) is 11.6 Å². The molecule has 0 atom stereocenters. The summed E-state index contributed by atoms with van der Waals surface area (Å²) in [7, 11) is 0. The standard InChI is InChI=1S/C11H22N2/c1-11(8-4-5-9-11)13-12-10-6-2-3-7-10/h10,12-13H,2-9H2,1H3. The van der Waals surface area contributed by atoms with Gasteiger partial charge in [0.15, 0.2) is 0 Å². The Morgan fingerprint density at radius 3 is 2.23 bits per heavy atom. The summed E-state index contributed by atoms with van der Waals surface area (Å²) in [5.74, 6) is 0. The predicted octanol–water partition coefficient (Wildman–Crippen LogP) is 2.36. The third-order valence-corrected chi connectivity index (χ3v) is 3.64. The normalized spacial score (nSPS) is 28.4. The van der Waals surface area contributed by atoms with E-state index in [9.17, 15) is 0 Å². The average Bonchev–Trinajstić information content (AvgIpc) is 2.72. The molecule has 76 valence electrons. The molecule has 2 aliphatic rings. The topological polar surface area (TPSA) is 24.1 Å². The van der Waals surface area contributed by atoms with Crippen molar-refractivity contribution in [3.05, 3.63) is 0 Å². The maximum absolute atomic E-state index is 3.55. The highest BCUT2D eigenvalue weighted by Crippen LogP contribution is 2.28. The molecule has 0 aliphatic heterocycles. The molecular weight excluding hydrogens is 160 g/mol. The molecule has 13 heavy (non-hydrogen) atoms. The molecule has 0 saturated heterocycles. The van der Waals surface area contributed by atoms with Crippen LogP contribution in [0.1, 0.15) is 58.3 Å². The molecule has 0 aromatic carbocycles. The van der Waals surface area contributed by atoms with E-state index < -0.39 is 0 Å². The van der Waals surface area contributed by atoms with Crippen molar-refractivity contribution in [1.82, 2.24) is 10.9 Å². The first-order chi connectivity index (χ1) is 6.29. The van der Waals surface area contributed by atoms with Gasteiger partial charge < -0.3 is 0 Å². The molecule has 0 aromatic rings. The molecule has 2 nitrogen and oxygen atoms in total. The van der Waals surface area contributed by atoms with Gasteiger partial charge in [0, 0.05) is 11.6 Å². The van der Waals surface area contributed by atoms with Gasteiger partial charge >= 0.3 is 0 Å². The fourth-order valence-corrected chi connectivity index (χ4v) is 2.63. The second-order valence-corrected chi connectivity index (χ2v) is 5.02. The van der Waals surface area contributed by atoms with Crippen LogP contribution >= 0.6 is 0 Å². The summed E-state index contributed by atoms with van der Waals surface area (Å²) < 4.78 is 0. The first-order valence-electron chi connectivity index (χ1n) is 5.81. The number of hydrogen-bond donors (Lipinski definition) is 2. The van der Waals surface area contributed by atoms with Gasteiger partial charge in [-0.25, -0.2) is 0 Å². The molecule has 0 radical (unpaired) electrons. The van der Waals surface area contributed by atoms with Crippen LogP contribution in [0.3, 0.4) is 0 Å². The first-order valence-corrected chi connectivity index (χ1v) is 5.81. The van der Waals surface area contributed by atoms with Crippen molar-refractivity contribution in [3.8, 4) is 0 Å². The van der Waals surface area contributed by atoms with Gasteiger partial charge in [-0.3, -0.25) is 10.9 Å². The molecule has 0 amide bonds. The van der Waals surface area contributed by atoms with Gasteiger partial charge in [0.2, 0.25) is 0 Å². The van der Waals surface area contributed by atoms with Gasteiger partial charge in [-0.2, -0.15) is 0 Å². The molecule has 0 bridgehead atoms. The quantitative estimate of drug-likeness (QED) is 0.655. The van der Waals surface area contributed by atoms with E-state index in [1.54, 1.807) is 0 Å². The molecule has 2 heteroatoms. The fourth-order valence-electron chi connectivity index (χ4n) is 2.63. The van der Waals surface area contributed by atoms with E-state index in [0.717, 1.165) is 6.04 Å². The minimum absolute atomic E-state index is 0.391. The lowest BCUT2D eigenvalue weighted by atomic mass is 10.0. The molecule has 0 aromatic heterocycles. The van der Waals surface area contributed by atoms with E-state index in [-0.39, 0.29) is 0 Å². The van der Waals surface area contributed by atoms with Crippen molar-refractivity contribution in [1.29, 1.82) is 0 Å². The van der Waals surface area contributed by atoms with Gasteiger partial charge in [-0.1, -0.05) is 25.7 Å². The van der Waals surface area contributed by atoms with Crippen LogP contribution in [0.15, 0.2) is 0 Å². The average molecular weight is 182 g/mol. The highest BCUT2D eigenvalue weighted by molar-refractivity contribution is 4.87. The van der Waals surface area contributed by atoms with Crippen molar-refractivity contribution in [2.75, 3.05) is 0 Å². The summed E-state index contributed by atoms with van der Waals surface area (Å²) in [6.07, 6.45) is 11.0. The summed E-state index contributed by atoms with van der Waals surface area (Å²) in [5, 5.41) is 0. The van der Waals surface area contributed by atoms with Crippen LogP contribution in [0.2, 0.25) is 0 Å². The minimum atomic E-state index is 0.391. The van der Waals surface area contributed by atoms with Crippen LogP contribution in [-0.2, 0) is 0 Å². The Morgan fingerprint density at radius 2 is 1.62 bits per heavy atom. The molecule has 2 aliphatic carbocycles. The number of nitrogens with one attached hydrogen (secondary N) is 2. The lowest BCUT2D eigenvalue weighted by molar-refractivity contribution is 0.281. The Kier molecular flexibility index (Phi) is 2.89. The van der Waals surface area contributed by atoms with E-state index in [2.05, 4.69) is 17.8 Å². The molecule has 0 unspecified atom stereocenters. The minimum Gasteiger partial charge on any atom is -0.254 e. The Bertz CT molecular complexity index is 155. The monoisotopic (exact) mass is 182 g/mol. The Balaban J connectivity index is 1.71. The SMILES string of the molecule is CC1(NNC2CCCC2)CCCC1. The van der Waals surface area contributed by atoms with Crippen molar-refractivity contribution >= 4 is 0 Å². The Morgan fingerprint density at radius 1 is 1.00 bits per heavy atom. The lowest BCUT2D eigenvalue weighted by Crippen LogP contribution is -2.51. The molecule has 2 saturated carbocycles. The van der Waals surface area contributed by atoms with Gasteiger partial charge in [0.1, 0.15) is 0 Å². The van der Waals surface area contributed by atoms with Crippen molar-refractivity contribution in [2.45, 2.75) is 69.9 Å². The molecule has 2 N–H and O–H groups in total. The van der Waals surface area contributed by atoms with Crippen LogP contribution in [0.4, 0.5) is 0 Å². The van der Waals surface area contributed by atoms with Crippen molar-refractivity contribution in [3.63, 3.8) is 0 Å². The van der Waals surface area contributed by atoms with Crippen LogP contribution < -0.4 is 10.9 Å². The zero-order valence-corrected chi connectivity index (χ0v) is 8.73. The van der Waals surface area contributed by atoms with E-state index in [0.29, 0.717) is 5.54 Å². The van der Waals surface area contributed by atoms with Gasteiger partial charge in [-0.15, -0.1) is 0 Å².